The van der Waals surface area contributed by atoms with Crippen LogP contribution in [0.1, 0.15) is 57.9 Å². The Morgan fingerprint density at radius 2 is 1.70 bits per heavy atom. The van der Waals surface area contributed by atoms with E-state index in [0.717, 1.165) is 60.4 Å². The van der Waals surface area contributed by atoms with Crippen molar-refractivity contribution in [3.63, 3.8) is 0 Å². The van der Waals surface area contributed by atoms with Gasteiger partial charge in [0.1, 0.15) is 23.8 Å². The Morgan fingerprint density at radius 1 is 0.977 bits per heavy atom. The van der Waals surface area contributed by atoms with Crippen LogP contribution in [0, 0.1) is 48.1 Å². The van der Waals surface area contributed by atoms with Gasteiger partial charge in [0.15, 0.2) is 0 Å². The summed E-state index contributed by atoms with van der Waals surface area (Å²) >= 11 is 0. The van der Waals surface area contributed by atoms with E-state index < -0.39 is 11.6 Å². The summed E-state index contributed by atoms with van der Waals surface area (Å²) in [5.74, 6) is -1.51. The number of piperidine rings is 1. The third-order valence-corrected chi connectivity index (χ3v) is 8.72. The monoisotopic (exact) mass is 582 g/mol. The minimum atomic E-state index is -0.760. The van der Waals surface area contributed by atoms with Gasteiger partial charge in [0.25, 0.3) is 5.91 Å². The van der Waals surface area contributed by atoms with Crippen LogP contribution >= 0.6 is 0 Å². The highest BCUT2D eigenvalue weighted by Crippen LogP contribution is 2.31. The molecule has 1 atom stereocenters. The molecule has 2 aliphatic rings. The summed E-state index contributed by atoms with van der Waals surface area (Å²) < 4.78 is 29.0. The molecular formula is C34H36F2N6O. The molecule has 0 bridgehead atoms. The Labute approximate surface area is 251 Å². The number of hydrogen-bond donors (Lipinski definition) is 1. The van der Waals surface area contributed by atoms with Crippen LogP contribution in [0.15, 0.2) is 48.5 Å². The predicted octanol–water partition coefficient (Wildman–Crippen LogP) is 5.43. The van der Waals surface area contributed by atoms with Gasteiger partial charge in [0.05, 0.1) is 22.5 Å². The van der Waals surface area contributed by atoms with Crippen LogP contribution in [-0.4, -0.2) is 55.6 Å². The van der Waals surface area contributed by atoms with Crippen molar-refractivity contribution < 1.29 is 13.6 Å². The Bertz CT molecular complexity index is 1600. The van der Waals surface area contributed by atoms with Crippen molar-refractivity contribution in [1.29, 1.82) is 10.5 Å². The molecule has 3 aromatic carbocycles. The Morgan fingerprint density at radius 3 is 2.40 bits per heavy atom. The fraction of sp³-hybridized carbons (Fsp3) is 0.382. The van der Waals surface area contributed by atoms with Crippen molar-refractivity contribution in [2.45, 2.75) is 52.2 Å². The van der Waals surface area contributed by atoms with E-state index in [1.165, 1.54) is 0 Å². The molecule has 1 amide bonds. The number of rotatable bonds is 6. The zero-order chi connectivity index (χ0) is 30.7. The first kappa shape index (κ1) is 30.0. The SMILES string of the molecule is Cc1cc(C)c(C(=O)N2CCN(c3cc(F)c(C#N)cc3F)C[C@@H]2C)cc1CN(c1ccccc1C#N)C1CCNCC1. The standard InChI is InChI=1S/C34H36F2N6O/c1-22-14-23(2)29(15-27(22)21-42(28-8-10-39-11-9-28)32-7-5-4-6-25(32)18-37)34(43)41-13-12-40(20-24(41)3)33-17-30(35)26(19-38)16-31(33)36/h4-7,14-17,24,28,39H,8-13,20-21H2,1-3H3/t24-/m0/s1. The molecular weight excluding hydrogens is 546 g/mol. The highest BCUT2D eigenvalue weighted by molar-refractivity contribution is 5.96. The first-order valence-electron chi connectivity index (χ1n) is 14.7. The van der Waals surface area contributed by atoms with Crippen LogP contribution in [-0.2, 0) is 6.54 Å². The average Bonchev–Trinajstić information content (AvgIpc) is 3.01. The topological polar surface area (TPSA) is 86.4 Å². The van der Waals surface area contributed by atoms with Crippen molar-refractivity contribution in [2.75, 3.05) is 42.5 Å². The lowest BCUT2D eigenvalue weighted by molar-refractivity contribution is 0.0673. The number of carbonyl (C=O) groups excluding carboxylic acids is 1. The zero-order valence-electron chi connectivity index (χ0n) is 24.8. The van der Waals surface area contributed by atoms with Crippen molar-refractivity contribution in [2.24, 2.45) is 0 Å². The molecule has 0 radical (unpaired) electrons. The normalized spacial score (nSPS) is 17.3. The van der Waals surface area contributed by atoms with Crippen molar-refractivity contribution in [3.05, 3.63) is 93.5 Å². The van der Waals surface area contributed by atoms with Gasteiger partial charge in [-0.05, 0) is 87.7 Å². The van der Waals surface area contributed by atoms with Gasteiger partial charge in [-0.25, -0.2) is 8.78 Å². The molecule has 9 heteroatoms. The summed E-state index contributed by atoms with van der Waals surface area (Å²) in [4.78, 5) is 19.8. The highest BCUT2D eigenvalue weighted by Gasteiger charge is 2.31. The number of piperazine rings is 1. The molecule has 43 heavy (non-hydrogen) atoms. The van der Waals surface area contributed by atoms with E-state index in [2.05, 4.69) is 29.3 Å². The Kier molecular flexibility index (Phi) is 8.94. The van der Waals surface area contributed by atoms with Gasteiger partial charge in [-0.2, -0.15) is 10.5 Å². The van der Waals surface area contributed by atoms with Crippen LogP contribution < -0.4 is 15.1 Å². The second-order valence-corrected chi connectivity index (χ2v) is 11.5. The van der Waals surface area contributed by atoms with E-state index in [1.807, 2.05) is 44.2 Å². The summed E-state index contributed by atoms with van der Waals surface area (Å²) in [6.07, 6.45) is 1.92. The molecule has 2 fully saturated rings. The number of anilines is 2. The summed E-state index contributed by atoms with van der Waals surface area (Å²) in [6, 6.07) is 17.7. The van der Waals surface area contributed by atoms with Gasteiger partial charge >= 0.3 is 0 Å². The van der Waals surface area contributed by atoms with Gasteiger partial charge in [0, 0.05) is 49.9 Å². The molecule has 2 heterocycles. The summed E-state index contributed by atoms with van der Waals surface area (Å²) in [6.45, 7) is 9.32. The molecule has 2 saturated heterocycles. The number of carbonyl (C=O) groups is 1. The second-order valence-electron chi connectivity index (χ2n) is 11.5. The highest BCUT2D eigenvalue weighted by atomic mass is 19.1. The molecule has 3 aromatic rings. The van der Waals surface area contributed by atoms with Gasteiger partial charge in [-0.15, -0.1) is 0 Å². The van der Waals surface area contributed by atoms with Gasteiger partial charge in [-0.3, -0.25) is 4.79 Å². The average molecular weight is 583 g/mol. The third kappa shape index (κ3) is 6.18. The largest absolute Gasteiger partial charge is 0.365 e. The molecule has 1 N–H and O–H groups in total. The molecule has 0 unspecified atom stereocenters. The van der Waals surface area contributed by atoms with E-state index in [1.54, 1.807) is 15.9 Å². The van der Waals surface area contributed by atoms with Gasteiger partial charge < -0.3 is 20.0 Å². The number of nitrogens with one attached hydrogen (secondary N) is 1. The fourth-order valence-electron chi connectivity index (χ4n) is 6.33. The summed E-state index contributed by atoms with van der Waals surface area (Å²) in [5.41, 5.74) is 4.92. The van der Waals surface area contributed by atoms with E-state index in [0.29, 0.717) is 37.3 Å². The zero-order valence-corrected chi connectivity index (χ0v) is 24.8. The van der Waals surface area contributed by atoms with E-state index in [9.17, 15) is 18.8 Å². The van der Waals surface area contributed by atoms with Crippen molar-refractivity contribution in [3.8, 4) is 12.1 Å². The van der Waals surface area contributed by atoms with E-state index in [-0.39, 0.29) is 29.2 Å². The first-order chi connectivity index (χ1) is 20.7. The van der Waals surface area contributed by atoms with Crippen LogP contribution in [0.5, 0.6) is 0 Å². The first-order valence-corrected chi connectivity index (χ1v) is 14.7. The Hall–Kier alpha value is -4.47. The number of para-hydroxylation sites is 1. The molecule has 0 aromatic heterocycles. The molecule has 0 spiro atoms. The van der Waals surface area contributed by atoms with E-state index in [4.69, 9.17) is 5.26 Å². The van der Waals surface area contributed by atoms with Crippen LogP contribution in [0.2, 0.25) is 0 Å². The lowest BCUT2D eigenvalue weighted by atomic mass is 9.96. The van der Waals surface area contributed by atoms with Crippen LogP contribution in [0.4, 0.5) is 20.2 Å². The molecule has 222 valence electrons. The van der Waals surface area contributed by atoms with Crippen molar-refractivity contribution >= 4 is 17.3 Å². The fourth-order valence-corrected chi connectivity index (χ4v) is 6.33. The minimum Gasteiger partial charge on any atom is -0.365 e. The summed E-state index contributed by atoms with van der Waals surface area (Å²) in [5, 5.41) is 22.3. The van der Waals surface area contributed by atoms with Gasteiger partial charge in [-0.1, -0.05) is 18.2 Å². The number of halogens is 2. The number of nitriles is 2. The number of amides is 1. The molecule has 7 nitrogen and oxygen atoms in total. The maximum atomic E-state index is 14.7. The summed E-state index contributed by atoms with van der Waals surface area (Å²) in [7, 11) is 0. The number of hydrogen-bond acceptors (Lipinski definition) is 6. The smallest absolute Gasteiger partial charge is 0.254 e. The number of nitrogens with zero attached hydrogens (tertiary/aromatic N) is 5. The minimum absolute atomic E-state index is 0.0942. The van der Waals surface area contributed by atoms with E-state index >= 15 is 0 Å². The quantitative estimate of drug-likeness (QED) is 0.417. The van der Waals surface area contributed by atoms with Crippen LogP contribution in [0.3, 0.4) is 0 Å². The maximum absolute atomic E-state index is 14.7. The molecule has 2 aliphatic heterocycles. The lowest BCUT2D eigenvalue weighted by Gasteiger charge is -2.41. The number of aryl methyl sites for hydroxylation is 2. The molecule has 0 aliphatic carbocycles. The number of benzene rings is 3. The molecule has 0 saturated carbocycles. The predicted molar refractivity (Wildman–Crippen MR) is 163 cm³/mol. The van der Waals surface area contributed by atoms with Crippen LogP contribution in [0.25, 0.3) is 0 Å². The maximum Gasteiger partial charge on any atom is 0.254 e. The molecule has 5 rings (SSSR count). The van der Waals surface area contributed by atoms with Crippen molar-refractivity contribution in [1.82, 2.24) is 10.2 Å². The third-order valence-electron chi connectivity index (χ3n) is 8.72. The Balaban J connectivity index is 1.40. The van der Waals surface area contributed by atoms with Gasteiger partial charge in [0.2, 0.25) is 0 Å². The lowest BCUT2D eigenvalue weighted by Crippen LogP contribution is -2.54. The second kappa shape index (κ2) is 12.8.